The molecular formula is C19H21ClN3OS+. The van der Waals surface area contributed by atoms with Crippen LogP contribution in [-0.4, -0.2) is 28.3 Å². The smallest absolute Gasteiger partial charge is 0.184 e. The number of benzene rings is 1. The maximum Gasteiger partial charge on any atom is 0.184 e. The molecule has 3 aromatic rings. The Bertz CT molecular complexity index is 830. The molecule has 6 heteroatoms. The minimum atomic E-state index is -0.167. The van der Waals surface area contributed by atoms with Crippen LogP contribution in [-0.2, 0) is 16.9 Å². The topological polar surface area (TPSA) is 27.1 Å². The molecule has 25 heavy (non-hydrogen) atoms. The number of imidazole rings is 1. The van der Waals surface area contributed by atoms with Crippen LogP contribution < -0.4 is 0 Å². The summed E-state index contributed by atoms with van der Waals surface area (Å²) in [5.74, 6) is 0. The lowest BCUT2D eigenvalue weighted by Crippen LogP contribution is -2.53. The van der Waals surface area contributed by atoms with Crippen LogP contribution >= 0.6 is 22.9 Å². The van der Waals surface area contributed by atoms with Crippen molar-refractivity contribution in [1.29, 1.82) is 0 Å². The van der Waals surface area contributed by atoms with E-state index < -0.39 is 0 Å². The van der Waals surface area contributed by atoms with Gasteiger partial charge in [0.25, 0.3) is 0 Å². The highest BCUT2D eigenvalue weighted by Gasteiger charge is 2.59. The van der Waals surface area contributed by atoms with Crippen LogP contribution in [0.5, 0.6) is 0 Å². The van der Waals surface area contributed by atoms with E-state index in [1.165, 1.54) is 10.4 Å². The first-order chi connectivity index (χ1) is 12.0. The van der Waals surface area contributed by atoms with E-state index in [-0.39, 0.29) is 11.6 Å². The van der Waals surface area contributed by atoms with Crippen LogP contribution in [0.25, 0.3) is 0 Å². The van der Waals surface area contributed by atoms with Gasteiger partial charge in [0.2, 0.25) is 0 Å². The largest absolute Gasteiger partial charge is 0.331 e. The first kappa shape index (κ1) is 16.8. The number of aromatic nitrogens is 2. The maximum atomic E-state index is 6.53. The normalized spacial score (nSPS) is 25.3. The third kappa shape index (κ3) is 2.91. The number of quaternary nitrogens is 1. The number of thiophene rings is 1. The van der Waals surface area contributed by atoms with Crippen molar-refractivity contribution in [3.63, 3.8) is 0 Å². The molecule has 4 rings (SSSR count). The van der Waals surface area contributed by atoms with Gasteiger partial charge in [-0.2, -0.15) is 9.48 Å². The molecule has 2 atom stereocenters. The Labute approximate surface area is 156 Å². The summed E-state index contributed by atoms with van der Waals surface area (Å²) in [6, 6.07) is 12.3. The Hall–Kier alpha value is -1.66. The van der Waals surface area contributed by atoms with Crippen molar-refractivity contribution in [3.05, 3.63) is 76.0 Å². The minimum absolute atomic E-state index is 0.0258. The van der Waals surface area contributed by atoms with E-state index >= 15 is 0 Å². The van der Waals surface area contributed by atoms with E-state index in [1.54, 1.807) is 11.3 Å². The highest BCUT2D eigenvalue weighted by atomic mass is 35.5. The van der Waals surface area contributed by atoms with Crippen molar-refractivity contribution in [1.82, 2.24) is 9.55 Å². The second-order valence-corrected chi connectivity index (χ2v) is 8.33. The third-order valence-corrected chi connectivity index (χ3v) is 6.48. The maximum absolute atomic E-state index is 6.53. The molecule has 0 spiro atoms. The van der Waals surface area contributed by atoms with Crippen molar-refractivity contribution < 1.29 is 9.48 Å². The molecule has 1 aromatic carbocycles. The summed E-state index contributed by atoms with van der Waals surface area (Å²) in [5, 5.41) is 2.89. The second kappa shape index (κ2) is 6.25. The Morgan fingerprint density at radius 1 is 1.32 bits per heavy atom. The van der Waals surface area contributed by atoms with Gasteiger partial charge >= 0.3 is 0 Å². The minimum Gasteiger partial charge on any atom is -0.331 e. The van der Waals surface area contributed by atoms with Crippen LogP contribution in [0.1, 0.15) is 23.0 Å². The van der Waals surface area contributed by atoms with Gasteiger partial charge in [-0.3, -0.25) is 0 Å². The van der Waals surface area contributed by atoms with E-state index in [2.05, 4.69) is 53.3 Å². The SMILES string of the molecule is C[N+]1(C)OC(c2ccc(Cl)cc2)CC1(Cn1ccnc1)c1cccs1. The molecular weight excluding hydrogens is 354 g/mol. The fourth-order valence-corrected chi connectivity index (χ4v) is 4.92. The molecule has 1 saturated heterocycles. The van der Waals surface area contributed by atoms with Crippen LogP contribution in [0, 0.1) is 0 Å². The highest BCUT2D eigenvalue weighted by molar-refractivity contribution is 7.10. The molecule has 0 saturated carbocycles. The van der Waals surface area contributed by atoms with Crippen molar-refractivity contribution in [2.75, 3.05) is 14.1 Å². The first-order valence-electron chi connectivity index (χ1n) is 8.28. The summed E-state index contributed by atoms with van der Waals surface area (Å²) in [6.07, 6.45) is 6.66. The van der Waals surface area contributed by atoms with Crippen molar-refractivity contribution in [2.45, 2.75) is 24.6 Å². The standard InChI is InChI=1S/C19H21ClN3OS/c1-23(2)19(18-4-3-11-25-18,13-22-10-9-21-14-22)12-17(24-23)15-5-7-16(20)8-6-15/h3-11,14,17H,12-13H2,1-2H3/q+1. The van der Waals surface area contributed by atoms with Gasteiger partial charge in [-0.05, 0) is 29.1 Å². The summed E-state index contributed by atoms with van der Waals surface area (Å²) in [6.45, 7) is 0.824. The van der Waals surface area contributed by atoms with E-state index in [0.717, 1.165) is 18.0 Å². The number of hydrogen-bond donors (Lipinski definition) is 0. The van der Waals surface area contributed by atoms with E-state index in [0.29, 0.717) is 4.65 Å². The average molecular weight is 375 g/mol. The summed E-state index contributed by atoms with van der Waals surface area (Å²) in [4.78, 5) is 12.1. The van der Waals surface area contributed by atoms with Crippen molar-refractivity contribution in [2.24, 2.45) is 0 Å². The lowest BCUT2D eigenvalue weighted by Gasteiger charge is -2.39. The van der Waals surface area contributed by atoms with Gasteiger partial charge in [0.05, 0.1) is 31.8 Å². The Morgan fingerprint density at radius 2 is 2.12 bits per heavy atom. The number of halogens is 1. The monoisotopic (exact) mass is 374 g/mol. The zero-order valence-corrected chi connectivity index (χ0v) is 15.9. The Morgan fingerprint density at radius 3 is 2.76 bits per heavy atom. The third-order valence-electron chi connectivity index (χ3n) is 5.17. The second-order valence-electron chi connectivity index (χ2n) is 6.94. The van der Waals surface area contributed by atoms with Crippen LogP contribution in [0.4, 0.5) is 0 Å². The van der Waals surface area contributed by atoms with Crippen LogP contribution in [0.2, 0.25) is 5.02 Å². The van der Waals surface area contributed by atoms with Crippen molar-refractivity contribution in [3.8, 4) is 0 Å². The van der Waals surface area contributed by atoms with Gasteiger partial charge < -0.3 is 4.57 Å². The summed E-state index contributed by atoms with van der Waals surface area (Å²) < 4.78 is 2.62. The lowest BCUT2D eigenvalue weighted by atomic mass is 9.87. The Balaban J connectivity index is 1.75. The van der Waals surface area contributed by atoms with Gasteiger partial charge in [0.1, 0.15) is 6.10 Å². The number of hydrogen-bond acceptors (Lipinski definition) is 3. The van der Waals surface area contributed by atoms with Gasteiger partial charge in [0, 0.05) is 23.8 Å². The van der Waals surface area contributed by atoms with Gasteiger partial charge in [-0.15, -0.1) is 11.3 Å². The molecule has 2 unspecified atom stereocenters. The predicted molar refractivity (Wildman–Crippen MR) is 100 cm³/mol. The molecule has 4 nitrogen and oxygen atoms in total. The van der Waals surface area contributed by atoms with E-state index in [4.69, 9.17) is 16.4 Å². The number of nitrogens with zero attached hydrogens (tertiary/aromatic N) is 3. The van der Waals surface area contributed by atoms with E-state index in [1.807, 2.05) is 30.9 Å². The zero-order chi connectivity index (χ0) is 17.5. The van der Waals surface area contributed by atoms with Crippen molar-refractivity contribution >= 4 is 22.9 Å². The molecule has 0 amide bonds. The molecule has 0 N–H and O–H groups in total. The molecule has 0 radical (unpaired) electrons. The van der Waals surface area contributed by atoms with Gasteiger partial charge in [-0.1, -0.05) is 29.8 Å². The molecule has 0 aliphatic carbocycles. The number of likely N-dealkylation sites (N-methyl/N-ethyl adjacent to an activating group) is 1. The average Bonchev–Trinajstić information content (AvgIpc) is 3.30. The fraction of sp³-hybridized carbons (Fsp3) is 0.316. The molecule has 1 fully saturated rings. The summed E-state index contributed by atoms with van der Waals surface area (Å²) in [5.41, 5.74) is 0.999. The first-order valence-corrected chi connectivity index (χ1v) is 9.54. The highest BCUT2D eigenvalue weighted by Crippen LogP contribution is 2.52. The molecule has 3 heterocycles. The summed E-state index contributed by atoms with van der Waals surface area (Å²) >= 11 is 7.85. The van der Waals surface area contributed by atoms with Gasteiger partial charge in [0.15, 0.2) is 5.54 Å². The van der Waals surface area contributed by atoms with Crippen LogP contribution in [0.3, 0.4) is 0 Å². The molecule has 2 aromatic heterocycles. The molecule has 1 aliphatic heterocycles. The van der Waals surface area contributed by atoms with Crippen LogP contribution in [0.15, 0.2) is 60.5 Å². The molecule has 0 bridgehead atoms. The molecule has 1 aliphatic rings. The predicted octanol–water partition coefficient (Wildman–Crippen LogP) is 4.65. The zero-order valence-electron chi connectivity index (χ0n) is 14.3. The summed E-state index contributed by atoms with van der Waals surface area (Å²) in [7, 11) is 4.29. The number of hydroxylamine groups is 3. The number of rotatable bonds is 4. The molecule has 130 valence electrons. The van der Waals surface area contributed by atoms with Gasteiger partial charge in [-0.25, -0.2) is 4.98 Å². The quantitative estimate of drug-likeness (QED) is 0.622. The van der Waals surface area contributed by atoms with E-state index in [9.17, 15) is 0 Å². The lowest BCUT2D eigenvalue weighted by molar-refractivity contribution is -1.11. The Kier molecular flexibility index (Phi) is 4.20. The fourth-order valence-electron chi connectivity index (χ4n) is 3.74.